The van der Waals surface area contributed by atoms with Crippen LogP contribution in [0.5, 0.6) is 5.75 Å². The van der Waals surface area contributed by atoms with E-state index in [9.17, 15) is 15.4 Å². The lowest BCUT2D eigenvalue weighted by Crippen LogP contribution is -2.44. The summed E-state index contributed by atoms with van der Waals surface area (Å²) < 4.78 is 5.69. The van der Waals surface area contributed by atoms with Crippen molar-refractivity contribution in [2.24, 2.45) is 0 Å². The minimum atomic E-state index is -0.670. The molecule has 2 atom stereocenters. The molecule has 1 rings (SSSR count). The summed E-state index contributed by atoms with van der Waals surface area (Å²) in [4.78, 5) is 10.3. The van der Waals surface area contributed by atoms with Gasteiger partial charge in [0.05, 0.1) is 23.2 Å². The number of hydrogen-bond donors (Lipinski definition) is 1. The number of benzene rings is 1. The van der Waals surface area contributed by atoms with Crippen LogP contribution in [-0.2, 0) is 0 Å². The smallest absolute Gasteiger partial charge is 0.273 e. The topological polar surface area (TPSA) is 88.2 Å². The Hall–Kier alpha value is -2.13. The number of nitriles is 1. The molecule has 0 saturated heterocycles. The van der Waals surface area contributed by atoms with Crippen molar-refractivity contribution in [2.75, 3.05) is 6.54 Å². The van der Waals surface area contributed by atoms with E-state index in [1.54, 1.807) is 12.1 Å². The van der Waals surface area contributed by atoms with E-state index >= 15 is 0 Å². The second-order valence-corrected chi connectivity index (χ2v) is 5.26. The maximum atomic E-state index is 10.7. The second-order valence-electron chi connectivity index (χ2n) is 5.26. The number of nitrogens with one attached hydrogen (secondary N) is 1. The standard InChI is InChI=1S/C15H21N3O3/c1-4-8-17-15(3,11-16)10-12(2)21-14-7-5-6-13(9-14)18(19)20/h5-7,9,12,17H,4,8,10H2,1-3H3. The Morgan fingerprint density at radius 3 is 2.86 bits per heavy atom. The van der Waals surface area contributed by atoms with Gasteiger partial charge >= 0.3 is 0 Å². The molecule has 2 unspecified atom stereocenters. The third-order valence-electron chi connectivity index (χ3n) is 3.07. The molecule has 0 fully saturated rings. The Balaban J connectivity index is 2.68. The van der Waals surface area contributed by atoms with Crippen molar-refractivity contribution >= 4 is 5.69 Å². The SMILES string of the molecule is CCCNC(C)(C#N)CC(C)Oc1cccc([N+](=O)[O-])c1. The molecule has 21 heavy (non-hydrogen) atoms. The molecule has 0 aliphatic carbocycles. The fraction of sp³-hybridized carbons (Fsp3) is 0.533. The van der Waals surface area contributed by atoms with Gasteiger partial charge in [-0.3, -0.25) is 15.4 Å². The lowest BCUT2D eigenvalue weighted by atomic mass is 9.96. The van der Waals surface area contributed by atoms with Crippen molar-refractivity contribution in [3.8, 4) is 11.8 Å². The van der Waals surface area contributed by atoms with Gasteiger partial charge in [-0.05, 0) is 32.9 Å². The molecule has 0 radical (unpaired) electrons. The highest BCUT2D eigenvalue weighted by Gasteiger charge is 2.26. The summed E-state index contributed by atoms with van der Waals surface area (Å²) in [6, 6.07) is 8.32. The molecule has 0 saturated carbocycles. The normalized spacial score (nSPS) is 14.8. The average molecular weight is 291 g/mol. The molecular formula is C15H21N3O3. The highest BCUT2D eigenvalue weighted by Crippen LogP contribution is 2.22. The van der Waals surface area contributed by atoms with Gasteiger partial charge in [0, 0.05) is 12.5 Å². The third-order valence-corrected chi connectivity index (χ3v) is 3.07. The van der Waals surface area contributed by atoms with Crippen LogP contribution in [-0.4, -0.2) is 23.1 Å². The summed E-state index contributed by atoms with van der Waals surface area (Å²) >= 11 is 0. The van der Waals surface area contributed by atoms with Crippen LogP contribution >= 0.6 is 0 Å². The van der Waals surface area contributed by atoms with Crippen LogP contribution in [0.1, 0.15) is 33.6 Å². The number of nitro groups is 1. The molecule has 1 N–H and O–H groups in total. The summed E-state index contributed by atoms with van der Waals surface area (Å²) in [7, 11) is 0. The van der Waals surface area contributed by atoms with E-state index in [-0.39, 0.29) is 11.8 Å². The molecular weight excluding hydrogens is 270 g/mol. The van der Waals surface area contributed by atoms with Crippen molar-refractivity contribution in [3.63, 3.8) is 0 Å². The molecule has 0 bridgehead atoms. The predicted molar refractivity (Wildman–Crippen MR) is 80.1 cm³/mol. The molecule has 1 aromatic carbocycles. The third kappa shape index (κ3) is 5.40. The Morgan fingerprint density at radius 2 is 2.29 bits per heavy atom. The number of hydrogen-bond acceptors (Lipinski definition) is 5. The van der Waals surface area contributed by atoms with Gasteiger partial charge in [-0.1, -0.05) is 13.0 Å². The maximum absolute atomic E-state index is 10.7. The van der Waals surface area contributed by atoms with Gasteiger partial charge < -0.3 is 4.74 Å². The van der Waals surface area contributed by atoms with E-state index in [1.807, 2.05) is 20.8 Å². The molecule has 0 aromatic heterocycles. The van der Waals surface area contributed by atoms with Crippen LogP contribution in [0.2, 0.25) is 0 Å². The number of non-ortho nitro benzene ring substituents is 1. The maximum Gasteiger partial charge on any atom is 0.273 e. The second kappa shape index (κ2) is 7.60. The van der Waals surface area contributed by atoms with Crippen LogP contribution in [0.4, 0.5) is 5.69 Å². The fourth-order valence-corrected chi connectivity index (χ4v) is 2.08. The van der Waals surface area contributed by atoms with Gasteiger partial charge in [0.1, 0.15) is 11.3 Å². The van der Waals surface area contributed by atoms with Gasteiger partial charge in [-0.25, -0.2) is 0 Å². The van der Waals surface area contributed by atoms with E-state index < -0.39 is 10.5 Å². The minimum Gasteiger partial charge on any atom is -0.490 e. The monoisotopic (exact) mass is 291 g/mol. The minimum absolute atomic E-state index is 0.00754. The van der Waals surface area contributed by atoms with Gasteiger partial charge in [-0.15, -0.1) is 0 Å². The Labute approximate surface area is 124 Å². The first-order valence-electron chi connectivity index (χ1n) is 6.97. The largest absolute Gasteiger partial charge is 0.490 e. The lowest BCUT2D eigenvalue weighted by molar-refractivity contribution is -0.384. The predicted octanol–water partition coefficient (Wildman–Crippen LogP) is 3.03. The number of nitrogens with zero attached hydrogens (tertiary/aromatic N) is 2. The van der Waals surface area contributed by atoms with Gasteiger partial charge in [0.2, 0.25) is 0 Å². The molecule has 0 heterocycles. The fourth-order valence-electron chi connectivity index (χ4n) is 2.08. The van der Waals surface area contributed by atoms with Gasteiger partial charge in [0.25, 0.3) is 5.69 Å². The molecule has 0 spiro atoms. The first kappa shape index (κ1) is 16.9. The molecule has 0 amide bonds. The van der Waals surface area contributed by atoms with Gasteiger partial charge in [0.15, 0.2) is 0 Å². The summed E-state index contributed by atoms with van der Waals surface area (Å²) in [6.45, 7) is 6.47. The molecule has 6 nitrogen and oxygen atoms in total. The zero-order valence-corrected chi connectivity index (χ0v) is 12.6. The van der Waals surface area contributed by atoms with Crippen molar-refractivity contribution < 1.29 is 9.66 Å². The molecule has 0 aliphatic rings. The molecule has 6 heteroatoms. The van der Waals surface area contributed by atoms with Crippen molar-refractivity contribution in [3.05, 3.63) is 34.4 Å². The Kier molecular flexibility index (Phi) is 6.12. The molecule has 114 valence electrons. The van der Waals surface area contributed by atoms with E-state index in [0.29, 0.717) is 12.2 Å². The van der Waals surface area contributed by atoms with E-state index in [4.69, 9.17) is 4.74 Å². The average Bonchev–Trinajstić information content (AvgIpc) is 2.45. The van der Waals surface area contributed by atoms with E-state index in [0.717, 1.165) is 13.0 Å². The van der Waals surface area contributed by atoms with Crippen molar-refractivity contribution in [2.45, 2.75) is 45.3 Å². The summed E-state index contributed by atoms with van der Waals surface area (Å²) in [5.74, 6) is 0.437. The Morgan fingerprint density at radius 1 is 1.57 bits per heavy atom. The summed E-state index contributed by atoms with van der Waals surface area (Å²) in [5.41, 5.74) is -0.678. The quantitative estimate of drug-likeness (QED) is 0.587. The highest BCUT2D eigenvalue weighted by molar-refractivity contribution is 5.38. The van der Waals surface area contributed by atoms with Crippen LogP contribution < -0.4 is 10.1 Å². The Bertz CT molecular complexity index is 527. The zero-order valence-electron chi connectivity index (χ0n) is 12.6. The van der Waals surface area contributed by atoms with Gasteiger partial charge in [-0.2, -0.15) is 5.26 Å². The number of nitro benzene ring substituents is 1. The van der Waals surface area contributed by atoms with Crippen LogP contribution in [0.3, 0.4) is 0 Å². The van der Waals surface area contributed by atoms with Crippen LogP contribution in [0.25, 0.3) is 0 Å². The zero-order chi connectivity index (χ0) is 15.9. The van der Waals surface area contributed by atoms with Crippen molar-refractivity contribution in [1.29, 1.82) is 5.26 Å². The summed E-state index contributed by atoms with van der Waals surface area (Å²) in [6.07, 6.45) is 1.20. The van der Waals surface area contributed by atoms with E-state index in [1.165, 1.54) is 12.1 Å². The number of ether oxygens (including phenoxy) is 1. The summed E-state index contributed by atoms with van der Waals surface area (Å²) in [5, 5.41) is 23.2. The lowest BCUT2D eigenvalue weighted by Gasteiger charge is -2.26. The first-order chi connectivity index (χ1) is 9.90. The van der Waals surface area contributed by atoms with Crippen LogP contribution in [0, 0.1) is 21.4 Å². The van der Waals surface area contributed by atoms with E-state index in [2.05, 4.69) is 11.4 Å². The molecule has 0 aliphatic heterocycles. The van der Waals surface area contributed by atoms with Crippen LogP contribution in [0.15, 0.2) is 24.3 Å². The van der Waals surface area contributed by atoms with Crippen molar-refractivity contribution in [1.82, 2.24) is 5.32 Å². The molecule has 1 aromatic rings. The highest BCUT2D eigenvalue weighted by atomic mass is 16.6. The number of rotatable bonds is 8. The first-order valence-corrected chi connectivity index (χ1v) is 6.97.